The van der Waals surface area contributed by atoms with Crippen LogP contribution in [0.2, 0.25) is 0 Å². The van der Waals surface area contributed by atoms with Crippen molar-refractivity contribution in [3.8, 4) is 0 Å². The maximum absolute atomic E-state index is 4.81. The van der Waals surface area contributed by atoms with Gasteiger partial charge in [-0.15, -0.1) is 0 Å². The van der Waals surface area contributed by atoms with Crippen molar-refractivity contribution in [2.24, 2.45) is 0 Å². The zero-order valence-corrected chi connectivity index (χ0v) is 15.4. The Labute approximate surface area is 145 Å². The van der Waals surface area contributed by atoms with E-state index in [9.17, 15) is 0 Å². The quantitative estimate of drug-likeness (QED) is 0.807. The van der Waals surface area contributed by atoms with E-state index < -0.39 is 0 Å². The van der Waals surface area contributed by atoms with Gasteiger partial charge in [0.1, 0.15) is 5.82 Å². The summed E-state index contributed by atoms with van der Waals surface area (Å²) in [6.07, 6.45) is 7.69. The Morgan fingerprint density at radius 1 is 1.21 bits per heavy atom. The van der Waals surface area contributed by atoms with Gasteiger partial charge in [-0.3, -0.25) is 0 Å². The van der Waals surface area contributed by atoms with Crippen molar-refractivity contribution in [1.82, 2.24) is 19.9 Å². The molecule has 3 rings (SSSR count). The van der Waals surface area contributed by atoms with Crippen molar-refractivity contribution in [3.63, 3.8) is 0 Å². The van der Waals surface area contributed by atoms with Crippen LogP contribution >= 0.6 is 0 Å². The highest BCUT2D eigenvalue weighted by Crippen LogP contribution is 2.27. The minimum atomic E-state index is 0.505. The number of rotatable bonds is 7. The van der Waals surface area contributed by atoms with Crippen molar-refractivity contribution < 1.29 is 0 Å². The van der Waals surface area contributed by atoms with Gasteiger partial charge in [-0.1, -0.05) is 27.7 Å². The third-order valence-corrected chi connectivity index (χ3v) is 5.14. The van der Waals surface area contributed by atoms with E-state index >= 15 is 0 Å². The molecule has 1 saturated carbocycles. The molecule has 0 aliphatic heterocycles. The fourth-order valence-corrected chi connectivity index (χ4v) is 3.90. The number of nitrogens with zero attached hydrogens (tertiary/aromatic N) is 3. The first kappa shape index (κ1) is 17.2. The Hall–Kier alpha value is -1.62. The summed E-state index contributed by atoms with van der Waals surface area (Å²) in [4.78, 5) is 4.81. The molecule has 0 unspecified atom stereocenters. The molecule has 0 amide bonds. The van der Waals surface area contributed by atoms with Crippen molar-refractivity contribution in [2.75, 3.05) is 5.32 Å². The average molecular weight is 329 g/mol. The van der Waals surface area contributed by atoms with E-state index in [-0.39, 0.29) is 0 Å². The van der Waals surface area contributed by atoms with Crippen LogP contribution in [0.15, 0.2) is 18.3 Å². The van der Waals surface area contributed by atoms with Crippen LogP contribution in [0.5, 0.6) is 0 Å². The predicted octanol–water partition coefficient (Wildman–Crippen LogP) is 3.96. The number of hydrogen-bond donors (Lipinski definition) is 2. The maximum atomic E-state index is 4.81. The lowest BCUT2D eigenvalue weighted by Gasteiger charge is -2.19. The van der Waals surface area contributed by atoms with Crippen molar-refractivity contribution in [2.45, 2.75) is 83.8 Å². The molecule has 2 aromatic heterocycles. The van der Waals surface area contributed by atoms with Crippen LogP contribution < -0.4 is 10.6 Å². The number of anilines is 1. The first-order valence-corrected chi connectivity index (χ1v) is 9.48. The standard InChI is InChI=1S/C19H31N5/c1-5-14(6-2)17-12-19(24-18(23-17)9-10-20-24)22-16-8-7-15(11-16)21-13(3)4/h9-10,12-16,21-22H,5-8,11H2,1-4H3/t15-,16-/m0/s1. The Morgan fingerprint density at radius 3 is 2.67 bits per heavy atom. The first-order valence-electron chi connectivity index (χ1n) is 9.48. The summed E-state index contributed by atoms with van der Waals surface area (Å²) in [7, 11) is 0. The van der Waals surface area contributed by atoms with E-state index in [1.807, 2.05) is 16.8 Å². The van der Waals surface area contributed by atoms with Crippen LogP contribution in [0, 0.1) is 0 Å². The van der Waals surface area contributed by atoms with Crippen LogP contribution in [0.4, 0.5) is 5.82 Å². The molecule has 2 atom stereocenters. The monoisotopic (exact) mass is 329 g/mol. The van der Waals surface area contributed by atoms with Crippen molar-refractivity contribution in [1.29, 1.82) is 0 Å². The van der Waals surface area contributed by atoms with Crippen LogP contribution in [-0.2, 0) is 0 Å². The highest BCUT2D eigenvalue weighted by Gasteiger charge is 2.25. The molecular weight excluding hydrogens is 298 g/mol. The summed E-state index contributed by atoms with van der Waals surface area (Å²) >= 11 is 0. The molecule has 132 valence electrons. The second kappa shape index (κ2) is 7.51. The highest BCUT2D eigenvalue weighted by atomic mass is 15.3. The van der Waals surface area contributed by atoms with Gasteiger partial charge in [0.25, 0.3) is 0 Å². The van der Waals surface area contributed by atoms with Crippen LogP contribution in [0.3, 0.4) is 0 Å². The molecule has 0 radical (unpaired) electrons. The van der Waals surface area contributed by atoms with Gasteiger partial charge in [-0.2, -0.15) is 9.61 Å². The third kappa shape index (κ3) is 3.72. The van der Waals surface area contributed by atoms with Crippen LogP contribution in [0.1, 0.15) is 71.4 Å². The van der Waals surface area contributed by atoms with Gasteiger partial charge in [-0.25, -0.2) is 4.98 Å². The second-order valence-corrected chi connectivity index (χ2v) is 7.35. The molecule has 24 heavy (non-hydrogen) atoms. The third-order valence-electron chi connectivity index (χ3n) is 5.14. The summed E-state index contributed by atoms with van der Waals surface area (Å²) in [6, 6.07) is 5.88. The fourth-order valence-electron chi connectivity index (χ4n) is 3.90. The Kier molecular flexibility index (Phi) is 5.39. The molecule has 1 aliphatic carbocycles. The summed E-state index contributed by atoms with van der Waals surface area (Å²) in [5.41, 5.74) is 2.13. The number of aromatic nitrogens is 3. The lowest BCUT2D eigenvalue weighted by atomic mass is 9.99. The normalized spacial score (nSPS) is 21.2. The summed E-state index contributed by atoms with van der Waals surface area (Å²) < 4.78 is 1.94. The molecule has 0 bridgehead atoms. The van der Waals surface area contributed by atoms with E-state index in [4.69, 9.17) is 4.98 Å². The molecule has 0 spiro atoms. The molecule has 2 aromatic rings. The molecular formula is C19H31N5. The number of nitrogens with one attached hydrogen (secondary N) is 2. The minimum absolute atomic E-state index is 0.505. The van der Waals surface area contributed by atoms with Gasteiger partial charge in [-0.05, 0) is 32.1 Å². The highest BCUT2D eigenvalue weighted by molar-refractivity contribution is 5.50. The number of fused-ring (bicyclic) bond motifs is 1. The molecule has 2 N–H and O–H groups in total. The molecule has 5 heteroatoms. The van der Waals surface area contributed by atoms with Crippen LogP contribution in [0.25, 0.3) is 5.65 Å². The van der Waals surface area contributed by atoms with Gasteiger partial charge < -0.3 is 10.6 Å². The second-order valence-electron chi connectivity index (χ2n) is 7.35. The minimum Gasteiger partial charge on any atom is -0.367 e. The zero-order valence-electron chi connectivity index (χ0n) is 15.4. The molecule has 1 aliphatic rings. The van der Waals surface area contributed by atoms with E-state index in [1.54, 1.807) is 0 Å². The van der Waals surface area contributed by atoms with E-state index in [1.165, 1.54) is 25.0 Å². The van der Waals surface area contributed by atoms with Gasteiger partial charge >= 0.3 is 0 Å². The van der Waals surface area contributed by atoms with Crippen LogP contribution in [-0.4, -0.2) is 32.7 Å². The van der Waals surface area contributed by atoms with Gasteiger partial charge in [0.05, 0.1) is 6.20 Å². The predicted molar refractivity (Wildman–Crippen MR) is 99.6 cm³/mol. The molecule has 5 nitrogen and oxygen atoms in total. The zero-order chi connectivity index (χ0) is 17.1. The average Bonchev–Trinajstić information content (AvgIpc) is 3.17. The molecule has 2 heterocycles. The summed E-state index contributed by atoms with van der Waals surface area (Å²) in [5.74, 6) is 1.60. The Balaban J connectivity index is 1.80. The SMILES string of the molecule is CCC(CC)c1cc(N[C@H]2CC[C@H](NC(C)C)C2)n2nccc2n1. The smallest absolute Gasteiger partial charge is 0.157 e. The summed E-state index contributed by atoms with van der Waals surface area (Å²) in [6.45, 7) is 8.92. The first-order chi connectivity index (χ1) is 11.6. The Bertz CT molecular complexity index is 659. The topological polar surface area (TPSA) is 54.2 Å². The summed E-state index contributed by atoms with van der Waals surface area (Å²) in [5, 5.41) is 11.9. The van der Waals surface area contributed by atoms with Gasteiger partial charge in [0.2, 0.25) is 0 Å². The number of hydrogen-bond acceptors (Lipinski definition) is 4. The van der Waals surface area contributed by atoms with E-state index in [0.29, 0.717) is 24.0 Å². The van der Waals surface area contributed by atoms with E-state index in [2.05, 4.69) is 49.5 Å². The maximum Gasteiger partial charge on any atom is 0.157 e. The van der Waals surface area contributed by atoms with Crippen molar-refractivity contribution in [3.05, 3.63) is 24.0 Å². The largest absolute Gasteiger partial charge is 0.367 e. The van der Waals surface area contributed by atoms with E-state index in [0.717, 1.165) is 24.3 Å². The molecule has 1 fully saturated rings. The Morgan fingerprint density at radius 2 is 1.96 bits per heavy atom. The lowest BCUT2D eigenvalue weighted by molar-refractivity contribution is 0.468. The molecule has 0 saturated heterocycles. The van der Waals surface area contributed by atoms with Crippen molar-refractivity contribution >= 4 is 11.5 Å². The lowest BCUT2D eigenvalue weighted by Crippen LogP contribution is -2.33. The van der Waals surface area contributed by atoms with Gasteiger partial charge in [0.15, 0.2) is 5.65 Å². The fraction of sp³-hybridized carbons (Fsp3) is 0.684. The van der Waals surface area contributed by atoms with Gasteiger partial charge in [0, 0.05) is 41.9 Å². The molecule has 0 aromatic carbocycles.